The Morgan fingerprint density at radius 1 is 1.39 bits per heavy atom. The fourth-order valence-corrected chi connectivity index (χ4v) is 1.47. The van der Waals surface area contributed by atoms with Gasteiger partial charge >= 0.3 is 6.61 Å². The molecular formula is C12H13F2NO3. The van der Waals surface area contributed by atoms with Crippen molar-refractivity contribution in [3.8, 4) is 11.5 Å². The lowest BCUT2D eigenvalue weighted by Gasteiger charge is -2.12. The molecular weight excluding hydrogens is 244 g/mol. The zero-order valence-corrected chi connectivity index (χ0v) is 9.55. The van der Waals surface area contributed by atoms with Gasteiger partial charge in [0.05, 0.1) is 12.8 Å². The number of rotatable bonds is 6. The first-order valence-corrected chi connectivity index (χ1v) is 5.58. The van der Waals surface area contributed by atoms with Crippen LogP contribution in [0.4, 0.5) is 8.78 Å². The number of hydrogen-bond acceptors (Lipinski definition) is 4. The molecule has 0 atom stereocenters. The molecule has 0 amide bonds. The fourth-order valence-electron chi connectivity index (χ4n) is 1.47. The highest BCUT2D eigenvalue weighted by molar-refractivity contribution is 5.80. The van der Waals surface area contributed by atoms with Crippen LogP contribution in [0.2, 0.25) is 0 Å². The van der Waals surface area contributed by atoms with E-state index in [0.717, 1.165) is 12.8 Å². The third-order valence-electron chi connectivity index (χ3n) is 2.56. The Hall–Kier alpha value is -1.85. The summed E-state index contributed by atoms with van der Waals surface area (Å²) >= 11 is 0. The summed E-state index contributed by atoms with van der Waals surface area (Å²) < 4.78 is 34.2. The Kier molecular flexibility index (Phi) is 3.96. The second-order valence-electron chi connectivity index (χ2n) is 4.08. The molecule has 0 spiro atoms. The number of ether oxygens (including phenoxy) is 2. The number of alkyl halides is 2. The maximum atomic E-state index is 12.2. The zero-order chi connectivity index (χ0) is 13.0. The molecule has 1 fully saturated rings. The molecule has 0 saturated heterocycles. The smallest absolute Gasteiger partial charge is 0.387 e. The second-order valence-corrected chi connectivity index (χ2v) is 4.08. The Balaban J connectivity index is 2.14. The van der Waals surface area contributed by atoms with Crippen LogP contribution in [-0.2, 0) is 0 Å². The van der Waals surface area contributed by atoms with E-state index in [4.69, 9.17) is 9.94 Å². The Morgan fingerprint density at radius 2 is 2.17 bits per heavy atom. The molecule has 0 unspecified atom stereocenters. The highest BCUT2D eigenvalue weighted by Gasteiger charge is 2.23. The summed E-state index contributed by atoms with van der Waals surface area (Å²) in [6, 6.07) is 4.37. The monoisotopic (exact) mass is 257 g/mol. The van der Waals surface area contributed by atoms with Gasteiger partial charge in [0.25, 0.3) is 0 Å². The summed E-state index contributed by atoms with van der Waals surface area (Å²) in [5, 5.41) is 11.3. The average Bonchev–Trinajstić information content (AvgIpc) is 3.13. The Labute approximate surface area is 103 Å². The van der Waals surface area contributed by atoms with Crippen LogP contribution in [0.5, 0.6) is 11.5 Å². The maximum absolute atomic E-state index is 12.2. The van der Waals surface area contributed by atoms with Crippen molar-refractivity contribution >= 4 is 6.21 Å². The van der Waals surface area contributed by atoms with Gasteiger partial charge in [0.1, 0.15) is 0 Å². The summed E-state index contributed by atoms with van der Waals surface area (Å²) in [4.78, 5) is 0. The van der Waals surface area contributed by atoms with E-state index in [1.807, 2.05) is 0 Å². The molecule has 1 aromatic rings. The van der Waals surface area contributed by atoms with Crippen LogP contribution >= 0.6 is 0 Å². The van der Waals surface area contributed by atoms with Gasteiger partial charge in [0, 0.05) is 5.56 Å². The van der Waals surface area contributed by atoms with Crippen LogP contribution < -0.4 is 9.47 Å². The van der Waals surface area contributed by atoms with Crippen molar-refractivity contribution in [2.24, 2.45) is 11.1 Å². The minimum atomic E-state index is -2.90. The third-order valence-corrected chi connectivity index (χ3v) is 2.56. The molecule has 0 radical (unpaired) electrons. The minimum Gasteiger partial charge on any atom is -0.489 e. The summed E-state index contributed by atoms with van der Waals surface area (Å²) in [5.41, 5.74) is 0.546. The van der Waals surface area contributed by atoms with Crippen molar-refractivity contribution in [1.82, 2.24) is 0 Å². The number of benzene rings is 1. The molecule has 1 N–H and O–H groups in total. The molecule has 1 aromatic carbocycles. The van der Waals surface area contributed by atoms with Crippen molar-refractivity contribution in [3.05, 3.63) is 23.8 Å². The van der Waals surface area contributed by atoms with Gasteiger partial charge in [-0.2, -0.15) is 8.78 Å². The quantitative estimate of drug-likeness (QED) is 0.484. The van der Waals surface area contributed by atoms with E-state index in [2.05, 4.69) is 9.89 Å². The lowest BCUT2D eigenvalue weighted by molar-refractivity contribution is -0.0515. The van der Waals surface area contributed by atoms with Crippen molar-refractivity contribution in [2.75, 3.05) is 6.61 Å². The first-order chi connectivity index (χ1) is 8.69. The van der Waals surface area contributed by atoms with Gasteiger partial charge in [-0.3, -0.25) is 0 Å². The van der Waals surface area contributed by atoms with E-state index in [-0.39, 0.29) is 11.5 Å². The molecule has 6 heteroatoms. The summed E-state index contributed by atoms with van der Waals surface area (Å²) in [6.45, 7) is -2.41. The van der Waals surface area contributed by atoms with E-state index >= 15 is 0 Å². The highest BCUT2D eigenvalue weighted by atomic mass is 19.3. The third kappa shape index (κ3) is 3.58. The lowest BCUT2D eigenvalue weighted by Crippen LogP contribution is -2.06. The molecule has 0 bridgehead atoms. The van der Waals surface area contributed by atoms with Gasteiger partial charge in [-0.1, -0.05) is 5.16 Å². The number of halogens is 2. The first-order valence-electron chi connectivity index (χ1n) is 5.58. The van der Waals surface area contributed by atoms with Crippen LogP contribution in [0.25, 0.3) is 0 Å². The zero-order valence-electron chi connectivity index (χ0n) is 9.55. The van der Waals surface area contributed by atoms with E-state index in [1.54, 1.807) is 0 Å². The van der Waals surface area contributed by atoms with Crippen LogP contribution in [0.3, 0.4) is 0 Å². The second kappa shape index (κ2) is 5.66. The van der Waals surface area contributed by atoms with Crippen LogP contribution in [0.15, 0.2) is 23.4 Å². The molecule has 18 heavy (non-hydrogen) atoms. The van der Waals surface area contributed by atoms with Crippen LogP contribution in [-0.4, -0.2) is 24.6 Å². The predicted molar refractivity (Wildman–Crippen MR) is 60.7 cm³/mol. The van der Waals surface area contributed by atoms with E-state index in [1.165, 1.54) is 24.4 Å². The number of nitrogens with zero attached hydrogens (tertiary/aromatic N) is 1. The molecule has 0 aromatic heterocycles. The van der Waals surface area contributed by atoms with Gasteiger partial charge in [-0.05, 0) is 37.0 Å². The minimum absolute atomic E-state index is 0.0132. The molecule has 2 rings (SSSR count). The molecule has 1 saturated carbocycles. The van der Waals surface area contributed by atoms with E-state index in [0.29, 0.717) is 18.1 Å². The Morgan fingerprint density at radius 3 is 2.78 bits per heavy atom. The normalized spacial score (nSPS) is 15.3. The van der Waals surface area contributed by atoms with Gasteiger partial charge < -0.3 is 14.7 Å². The molecule has 0 aliphatic heterocycles. The predicted octanol–water partition coefficient (Wildman–Crippen LogP) is 2.88. The van der Waals surface area contributed by atoms with E-state index < -0.39 is 6.61 Å². The molecule has 0 heterocycles. The number of hydrogen-bond donors (Lipinski definition) is 1. The van der Waals surface area contributed by atoms with Gasteiger partial charge in [-0.15, -0.1) is 0 Å². The fraction of sp³-hybridized carbons (Fsp3) is 0.417. The number of oxime groups is 1. The summed E-state index contributed by atoms with van der Waals surface area (Å²) in [5.74, 6) is 0.722. The highest BCUT2D eigenvalue weighted by Crippen LogP contribution is 2.33. The summed E-state index contributed by atoms with van der Waals surface area (Å²) in [6.07, 6.45) is 3.39. The van der Waals surface area contributed by atoms with Crippen molar-refractivity contribution < 1.29 is 23.5 Å². The average molecular weight is 257 g/mol. The topological polar surface area (TPSA) is 51.1 Å². The van der Waals surface area contributed by atoms with Crippen molar-refractivity contribution in [3.63, 3.8) is 0 Å². The first kappa shape index (κ1) is 12.6. The lowest BCUT2D eigenvalue weighted by atomic mass is 10.2. The summed E-state index contributed by atoms with van der Waals surface area (Å²) in [7, 11) is 0. The van der Waals surface area contributed by atoms with E-state index in [9.17, 15) is 8.78 Å². The van der Waals surface area contributed by atoms with Crippen molar-refractivity contribution in [1.29, 1.82) is 0 Å². The SMILES string of the molecule is O/N=C/c1ccc(OC(F)F)c(OCC2CC2)c1. The molecule has 1 aliphatic rings. The van der Waals surface area contributed by atoms with Crippen LogP contribution in [0.1, 0.15) is 18.4 Å². The molecule has 1 aliphatic carbocycles. The van der Waals surface area contributed by atoms with Gasteiger partial charge in [0.15, 0.2) is 11.5 Å². The largest absolute Gasteiger partial charge is 0.489 e. The van der Waals surface area contributed by atoms with Gasteiger partial charge in [-0.25, -0.2) is 0 Å². The molecule has 4 nitrogen and oxygen atoms in total. The van der Waals surface area contributed by atoms with Crippen molar-refractivity contribution in [2.45, 2.75) is 19.5 Å². The Bertz CT molecular complexity index is 433. The maximum Gasteiger partial charge on any atom is 0.387 e. The van der Waals surface area contributed by atoms with Gasteiger partial charge in [0.2, 0.25) is 0 Å². The molecule has 98 valence electrons. The standard InChI is InChI=1S/C12H13F2NO3/c13-12(14)18-10-4-3-9(6-15-16)5-11(10)17-7-8-1-2-8/h3-6,8,12,16H,1-2,7H2/b15-6+. The van der Waals surface area contributed by atoms with Crippen LogP contribution in [0, 0.1) is 5.92 Å².